The molecule has 0 heterocycles. The number of carbonyl (C=O) groups excluding carboxylic acids is 2. The van der Waals surface area contributed by atoms with Crippen molar-refractivity contribution in [2.75, 3.05) is 20.3 Å². The smallest absolute Gasteiger partial charge is 0.325 e. The van der Waals surface area contributed by atoms with Gasteiger partial charge in [0.15, 0.2) is 12.4 Å². The van der Waals surface area contributed by atoms with Crippen molar-refractivity contribution in [1.29, 1.82) is 0 Å². The van der Waals surface area contributed by atoms with Crippen molar-refractivity contribution in [1.82, 2.24) is 5.32 Å². The maximum absolute atomic E-state index is 11.3. The molecule has 1 rings (SSSR count). The van der Waals surface area contributed by atoms with E-state index in [9.17, 15) is 9.59 Å². The first-order valence-electron chi connectivity index (χ1n) is 4.95. The van der Waals surface area contributed by atoms with Crippen molar-refractivity contribution in [3.05, 3.63) is 28.2 Å². The Hall–Kier alpha value is -1.46. The van der Waals surface area contributed by atoms with Gasteiger partial charge in [0.05, 0.1) is 17.2 Å². The normalized spacial score (nSPS) is 9.72. The molecule has 0 aromatic heterocycles. The van der Waals surface area contributed by atoms with Crippen LogP contribution in [0.15, 0.2) is 18.2 Å². The van der Waals surface area contributed by atoms with Crippen LogP contribution in [0.3, 0.4) is 0 Å². The molecule has 7 heteroatoms. The highest BCUT2D eigenvalue weighted by molar-refractivity contribution is 6.37. The molecule has 18 heavy (non-hydrogen) atoms. The average Bonchev–Trinajstić information content (AvgIpc) is 2.35. The topological polar surface area (TPSA) is 64.6 Å². The molecule has 1 amide bonds. The summed E-state index contributed by atoms with van der Waals surface area (Å²) >= 11 is 11.7. The third-order valence-corrected chi connectivity index (χ3v) is 2.52. The number of nitrogens with one attached hydrogen (secondary N) is 1. The van der Waals surface area contributed by atoms with E-state index < -0.39 is 11.9 Å². The van der Waals surface area contributed by atoms with Gasteiger partial charge in [0.2, 0.25) is 0 Å². The van der Waals surface area contributed by atoms with Crippen LogP contribution < -0.4 is 10.1 Å². The second kappa shape index (κ2) is 7.08. The molecule has 0 aliphatic rings. The van der Waals surface area contributed by atoms with Gasteiger partial charge in [0, 0.05) is 0 Å². The second-order valence-corrected chi connectivity index (χ2v) is 4.01. The number of carbonyl (C=O) groups is 2. The number of amides is 1. The molecule has 98 valence electrons. The summed E-state index contributed by atoms with van der Waals surface area (Å²) in [7, 11) is 1.23. The summed E-state index contributed by atoms with van der Waals surface area (Å²) in [6.45, 7) is -0.505. The molecular formula is C11H11Cl2NO4. The van der Waals surface area contributed by atoms with Crippen molar-refractivity contribution in [3.8, 4) is 5.75 Å². The first-order chi connectivity index (χ1) is 8.54. The zero-order chi connectivity index (χ0) is 13.5. The summed E-state index contributed by atoms with van der Waals surface area (Å²) in [6.07, 6.45) is 0. The molecule has 5 nitrogen and oxygen atoms in total. The van der Waals surface area contributed by atoms with Gasteiger partial charge in [-0.05, 0) is 12.1 Å². The SMILES string of the molecule is COC(=O)CNC(=O)COc1c(Cl)cccc1Cl. The number of hydrogen-bond donors (Lipinski definition) is 1. The third-order valence-electron chi connectivity index (χ3n) is 1.92. The fraction of sp³-hybridized carbons (Fsp3) is 0.273. The Labute approximate surface area is 114 Å². The fourth-order valence-electron chi connectivity index (χ4n) is 1.05. The zero-order valence-electron chi connectivity index (χ0n) is 9.54. The highest BCUT2D eigenvalue weighted by Gasteiger charge is 2.10. The van der Waals surface area contributed by atoms with Gasteiger partial charge in [0.25, 0.3) is 5.91 Å². The van der Waals surface area contributed by atoms with Crippen LogP contribution in [0, 0.1) is 0 Å². The number of ether oxygens (including phenoxy) is 2. The summed E-state index contributed by atoms with van der Waals surface area (Å²) in [5, 5.41) is 2.94. The molecule has 0 radical (unpaired) electrons. The first-order valence-corrected chi connectivity index (χ1v) is 5.70. The standard InChI is InChI=1S/C11H11Cl2NO4/c1-17-10(16)5-14-9(15)6-18-11-7(12)3-2-4-8(11)13/h2-4H,5-6H2,1H3,(H,14,15). The van der Waals surface area contributed by atoms with Gasteiger partial charge in [-0.25, -0.2) is 0 Å². The highest BCUT2D eigenvalue weighted by Crippen LogP contribution is 2.32. The summed E-state index contributed by atoms with van der Waals surface area (Å²) in [6, 6.07) is 4.85. The predicted molar refractivity (Wildman–Crippen MR) is 67.0 cm³/mol. The quantitative estimate of drug-likeness (QED) is 0.838. The highest BCUT2D eigenvalue weighted by atomic mass is 35.5. The minimum atomic E-state index is -0.542. The number of rotatable bonds is 5. The minimum Gasteiger partial charge on any atom is -0.481 e. The Kier molecular flexibility index (Phi) is 5.74. The van der Waals surface area contributed by atoms with E-state index in [0.29, 0.717) is 10.0 Å². The third kappa shape index (κ3) is 4.43. The van der Waals surface area contributed by atoms with Crippen LogP contribution in [0.25, 0.3) is 0 Å². The van der Waals surface area contributed by atoms with Crippen LogP contribution in [0.2, 0.25) is 10.0 Å². The van der Waals surface area contributed by atoms with Gasteiger partial charge in [-0.2, -0.15) is 0 Å². The molecule has 1 N–H and O–H groups in total. The lowest BCUT2D eigenvalue weighted by molar-refractivity contribution is -0.141. The molecule has 0 aliphatic heterocycles. The van der Waals surface area contributed by atoms with E-state index in [4.69, 9.17) is 27.9 Å². The van der Waals surface area contributed by atoms with E-state index in [1.165, 1.54) is 7.11 Å². The molecule has 0 fully saturated rings. The van der Waals surface area contributed by atoms with E-state index in [0.717, 1.165) is 0 Å². The molecule has 0 atom stereocenters. The van der Waals surface area contributed by atoms with Gasteiger partial charge < -0.3 is 14.8 Å². The van der Waals surface area contributed by atoms with Gasteiger partial charge in [-0.3, -0.25) is 9.59 Å². The number of para-hydroxylation sites is 1. The van der Waals surface area contributed by atoms with E-state index >= 15 is 0 Å². The number of methoxy groups -OCH3 is 1. The molecule has 0 spiro atoms. The van der Waals surface area contributed by atoms with Gasteiger partial charge >= 0.3 is 5.97 Å². The van der Waals surface area contributed by atoms with Crippen LogP contribution in [0.1, 0.15) is 0 Å². The summed E-state index contributed by atoms with van der Waals surface area (Å²) < 4.78 is 9.53. The Morgan fingerprint density at radius 3 is 2.44 bits per heavy atom. The van der Waals surface area contributed by atoms with E-state index in [2.05, 4.69) is 10.1 Å². The van der Waals surface area contributed by atoms with Gasteiger partial charge in [-0.15, -0.1) is 0 Å². The first kappa shape index (κ1) is 14.6. The predicted octanol–water partition coefficient (Wildman–Crippen LogP) is 1.66. The Bertz CT molecular complexity index is 430. The number of hydrogen-bond acceptors (Lipinski definition) is 4. The van der Waals surface area contributed by atoms with Gasteiger partial charge in [0.1, 0.15) is 6.54 Å². The minimum absolute atomic E-state index is 0.213. The van der Waals surface area contributed by atoms with Crippen LogP contribution in [-0.2, 0) is 14.3 Å². The van der Waals surface area contributed by atoms with Crippen molar-refractivity contribution in [2.24, 2.45) is 0 Å². The summed E-state index contributed by atoms with van der Waals surface area (Å²) in [5.41, 5.74) is 0. The van der Waals surface area contributed by atoms with E-state index in [-0.39, 0.29) is 18.9 Å². The zero-order valence-corrected chi connectivity index (χ0v) is 11.0. The van der Waals surface area contributed by atoms with Gasteiger partial charge in [-0.1, -0.05) is 29.3 Å². The van der Waals surface area contributed by atoms with Crippen LogP contribution in [0.4, 0.5) is 0 Å². The molecule has 1 aromatic rings. The number of halogens is 2. The largest absolute Gasteiger partial charge is 0.481 e. The molecular weight excluding hydrogens is 281 g/mol. The molecule has 1 aromatic carbocycles. The van der Waals surface area contributed by atoms with Crippen molar-refractivity contribution >= 4 is 35.1 Å². The number of benzene rings is 1. The Balaban J connectivity index is 2.45. The number of esters is 1. The monoisotopic (exact) mass is 291 g/mol. The Morgan fingerprint density at radius 2 is 1.89 bits per heavy atom. The maximum atomic E-state index is 11.3. The lowest BCUT2D eigenvalue weighted by atomic mass is 10.3. The van der Waals surface area contributed by atoms with Crippen molar-refractivity contribution in [3.63, 3.8) is 0 Å². The van der Waals surface area contributed by atoms with E-state index in [1.54, 1.807) is 18.2 Å². The molecule has 0 aliphatic carbocycles. The fourth-order valence-corrected chi connectivity index (χ4v) is 1.56. The van der Waals surface area contributed by atoms with Crippen molar-refractivity contribution in [2.45, 2.75) is 0 Å². The molecule has 0 saturated carbocycles. The summed E-state index contributed by atoms with van der Waals surface area (Å²) in [4.78, 5) is 22.1. The second-order valence-electron chi connectivity index (χ2n) is 3.19. The van der Waals surface area contributed by atoms with E-state index in [1.807, 2.05) is 0 Å². The maximum Gasteiger partial charge on any atom is 0.325 e. The molecule has 0 unspecified atom stereocenters. The van der Waals surface area contributed by atoms with Crippen LogP contribution in [-0.4, -0.2) is 32.1 Å². The lowest BCUT2D eigenvalue weighted by Gasteiger charge is -2.09. The lowest BCUT2D eigenvalue weighted by Crippen LogP contribution is -2.33. The molecule has 0 saturated heterocycles. The van der Waals surface area contributed by atoms with Crippen LogP contribution in [0.5, 0.6) is 5.75 Å². The molecule has 0 bridgehead atoms. The summed E-state index contributed by atoms with van der Waals surface area (Å²) in [5.74, 6) is -0.787. The Morgan fingerprint density at radius 1 is 1.28 bits per heavy atom. The van der Waals surface area contributed by atoms with Crippen molar-refractivity contribution < 1.29 is 19.1 Å². The average molecular weight is 292 g/mol. The van der Waals surface area contributed by atoms with Crippen LogP contribution >= 0.6 is 23.2 Å².